The highest BCUT2D eigenvalue weighted by molar-refractivity contribution is 6.51. The molecular weight excluding hydrogens is 398 g/mol. The van der Waals surface area contributed by atoms with Crippen LogP contribution in [0.4, 0.5) is 5.69 Å². The van der Waals surface area contributed by atoms with Crippen molar-refractivity contribution >= 4 is 40.8 Å². The number of Topliss-reactive ketones (excluding diaryl/α,β-unsaturated/α-hetero) is 2. The van der Waals surface area contributed by atoms with E-state index in [0.717, 1.165) is 19.4 Å². The highest BCUT2D eigenvalue weighted by atomic mass is 35.5. The maximum atomic E-state index is 13.2. The normalized spacial score (nSPS) is 13.1. The van der Waals surface area contributed by atoms with Crippen LogP contribution in [0.5, 0.6) is 11.5 Å². The number of hydrogen-bond acceptors (Lipinski definition) is 7. The molecule has 0 heterocycles. The van der Waals surface area contributed by atoms with Crippen molar-refractivity contribution in [1.82, 2.24) is 0 Å². The van der Waals surface area contributed by atoms with Gasteiger partial charge in [0.2, 0.25) is 11.6 Å². The SMILES string of the molecule is CC(=O)Oc1ccc(OC(C)=O)c2c1C(=O)C(Cl)=C(Nc1ccc(C)cc1)C2=O. The van der Waals surface area contributed by atoms with Crippen LogP contribution in [-0.4, -0.2) is 23.5 Å². The maximum Gasteiger partial charge on any atom is 0.308 e. The highest BCUT2D eigenvalue weighted by Crippen LogP contribution is 2.39. The van der Waals surface area contributed by atoms with Crippen LogP contribution in [-0.2, 0) is 9.59 Å². The Morgan fingerprint density at radius 3 is 1.79 bits per heavy atom. The fraction of sp³-hybridized carbons (Fsp3) is 0.143. The van der Waals surface area contributed by atoms with E-state index in [-0.39, 0.29) is 33.4 Å². The van der Waals surface area contributed by atoms with Crippen molar-refractivity contribution < 1.29 is 28.7 Å². The Morgan fingerprint density at radius 2 is 1.31 bits per heavy atom. The zero-order valence-electron chi connectivity index (χ0n) is 15.8. The number of carbonyl (C=O) groups excluding carboxylic acids is 4. The van der Waals surface area contributed by atoms with Gasteiger partial charge in [-0.2, -0.15) is 0 Å². The van der Waals surface area contributed by atoms with Crippen molar-refractivity contribution in [3.8, 4) is 11.5 Å². The first-order valence-electron chi connectivity index (χ1n) is 8.55. The van der Waals surface area contributed by atoms with Gasteiger partial charge in [-0.3, -0.25) is 19.2 Å². The lowest BCUT2D eigenvalue weighted by atomic mass is 9.90. The summed E-state index contributed by atoms with van der Waals surface area (Å²) in [6.07, 6.45) is 0. The summed E-state index contributed by atoms with van der Waals surface area (Å²) < 4.78 is 10.1. The predicted molar refractivity (Wildman–Crippen MR) is 105 cm³/mol. The summed E-state index contributed by atoms with van der Waals surface area (Å²) in [6.45, 7) is 4.22. The van der Waals surface area contributed by atoms with Crippen molar-refractivity contribution in [2.24, 2.45) is 0 Å². The standard InChI is InChI=1S/C21H16ClNO6/c1-10-4-6-13(7-5-10)23-19-18(22)20(26)16-14(28-11(2)24)8-9-15(29-12(3)25)17(16)21(19)27/h4-9,23H,1-3H3. The molecule has 0 aromatic heterocycles. The molecule has 1 aliphatic carbocycles. The topological polar surface area (TPSA) is 98.8 Å². The van der Waals surface area contributed by atoms with Crippen molar-refractivity contribution in [2.75, 3.05) is 5.32 Å². The van der Waals surface area contributed by atoms with Gasteiger partial charge in [-0.1, -0.05) is 29.3 Å². The van der Waals surface area contributed by atoms with Crippen molar-refractivity contribution in [2.45, 2.75) is 20.8 Å². The summed E-state index contributed by atoms with van der Waals surface area (Å²) in [5, 5.41) is 2.48. The lowest BCUT2D eigenvalue weighted by molar-refractivity contribution is -0.133. The van der Waals surface area contributed by atoms with Crippen LogP contribution in [0.2, 0.25) is 0 Å². The number of ether oxygens (including phenoxy) is 2. The third-order valence-electron chi connectivity index (χ3n) is 4.06. The minimum atomic E-state index is -0.735. The second-order valence-corrected chi connectivity index (χ2v) is 6.72. The minimum Gasteiger partial charge on any atom is -0.426 e. The van der Waals surface area contributed by atoms with Crippen LogP contribution in [0, 0.1) is 6.92 Å². The molecule has 0 amide bonds. The maximum absolute atomic E-state index is 13.2. The lowest BCUT2D eigenvalue weighted by Crippen LogP contribution is -2.26. The zero-order chi connectivity index (χ0) is 21.3. The van der Waals surface area contributed by atoms with E-state index in [9.17, 15) is 19.2 Å². The smallest absolute Gasteiger partial charge is 0.308 e. The van der Waals surface area contributed by atoms with Crippen LogP contribution < -0.4 is 14.8 Å². The highest BCUT2D eigenvalue weighted by Gasteiger charge is 2.37. The molecule has 0 fully saturated rings. The third kappa shape index (κ3) is 4.05. The Kier molecular flexibility index (Phi) is 5.52. The zero-order valence-corrected chi connectivity index (χ0v) is 16.5. The van der Waals surface area contributed by atoms with Crippen LogP contribution in [0.3, 0.4) is 0 Å². The molecule has 0 aliphatic heterocycles. The predicted octanol–water partition coefficient (Wildman–Crippen LogP) is 3.79. The van der Waals surface area contributed by atoms with Gasteiger partial charge in [-0.25, -0.2) is 0 Å². The fourth-order valence-electron chi connectivity index (χ4n) is 2.84. The monoisotopic (exact) mass is 413 g/mol. The van der Waals surface area contributed by atoms with E-state index in [4.69, 9.17) is 21.1 Å². The molecular formula is C21H16ClNO6. The van der Waals surface area contributed by atoms with E-state index in [1.807, 2.05) is 19.1 Å². The number of rotatable bonds is 4. The van der Waals surface area contributed by atoms with E-state index < -0.39 is 23.5 Å². The summed E-state index contributed by atoms with van der Waals surface area (Å²) in [6, 6.07) is 9.65. The Balaban J connectivity index is 2.15. The number of esters is 2. The molecule has 0 spiro atoms. The van der Waals surface area contributed by atoms with Crippen molar-refractivity contribution in [3.63, 3.8) is 0 Å². The summed E-state index contributed by atoms with van der Waals surface area (Å²) in [5.41, 5.74) is 0.946. The molecule has 2 aromatic carbocycles. The van der Waals surface area contributed by atoms with Gasteiger partial charge in [0.25, 0.3) is 0 Å². The molecule has 8 heteroatoms. The van der Waals surface area contributed by atoms with Crippen LogP contribution in [0.15, 0.2) is 47.1 Å². The molecule has 3 rings (SSSR count). The number of halogens is 1. The molecule has 29 heavy (non-hydrogen) atoms. The number of hydrogen-bond donors (Lipinski definition) is 1. The van der Waals surface area contributed by atoms with Crippen molar-refractivity contribution in [1.29, 1.82) is 0 Å². The van der Waals surface area contributed by atoms with Gasteiger partial charge in [-0.05, 0) is 31.2 Å². The van der Waals surface area contributed by atoms with Gasteiger partial charge in [0.05, 0.1) is 11.1 Å². The number of nitrogens with one attached hydrogen (secondary N) is 1. The lowest BCUT2D eigenvalue weighted by Gasteiger charge is -2.22. The molecule has 148 valence electrons. The van der Waals surface area contributed by atoms with E-state index >= 15 is 0 Å². The Morgan fingerprint density at radius 1 is 0.828 bits per heavy atom. The minimum absolute atomic E-state index is 0.130. The van der Waals surface area contributed by atoms with Gasteiger partial charge in [0.15, 0.2) is 0 Å². The first-order valence-corrected chi connectivity index (χ1v) is 8.93. The number of fused-ring (bicyclic) bond motifs is 1. The van der Waals surface area contributed by atoms with Crippen molar-refractivity contribution in [3.05, 3.63) is 63.8 Å². The molecule has 0 bridgehead atoms. The summed E-state index contributed by atoms with van der Waals surface area (Å²) in [5.74, 6) is -3.04. The van der Waals surface area contributed by atoms with Crippen LogP contribution in [0.1, 0.15) is 40.1 Å². The molecule has 0 atom stereocenters. The van der Waals surface area contributed by atoms with Gasteiger partial charge < -0.3 is 14.8 Å². The number of aryl methyl sites for hydroxylation is 1. The average molecular weight is 414 g/mol. The number of anilines is 1. The Labute approximate surface area is 171 Å². The molecule has 1 N–H and O–H groups in total. The van der Waals surface area contributed by atoms with E-state index in [1.165, 1.54) is 12.1 Å². The number of allylic oxidation sites excluding steroid dienone is 2. The molecule has 0 saturated carbocycles. The molecule has 2 aromatic rings. The summed E-state index contributed by atoms with van der Waals surface area (Å²) >= 11 is 6.20. The largest absolute Gasteiger partial charge is 0.426 e. The summed E-state index contributed by atoms with van der Waals surface area (Å²) in [7, 11) is 0. The Bertz CT molecular complexity index is 1090. The summed E-state index contributed by atoms with van der Waals surface area (Å²) in [4.78, 5) is 49.0. The van der Waals surface area contributed by atoms with E-state index in [1.54, 1.807) is 12.1 Å². The van der Waals surface area contributed by atoms with Gasteiger partial charge in [-0.15, -0.1) is 0 Å². The second kappa shape index (κ2) is 7.89. The third-order valence-corrected chi connectivity index (χ3v) is 4.42. The van der Waals surface area contributed by atoms with E-state index in [0.29, 0.717) is 5.69 Å². The second-order valence-electron chi connectivity index (χ2n) is 6.34. The van der Waals surface area contributed by atoms with Gasteiger partial charge in [0.1, 0.15) is 22.2 Å². The van der Waals surface area contributed by atoms with E-state index in [2.05, 4.69) is 5.32 Å². The number of ketones is 2. The molecule has 0 unspecified atom stereocenters. The first kappa shape index (κ1) is 20.3. The molecule has 7 nitrogen and oxygen atoms in total. The number of benzene rings is 2. The van der Waals surface area contributed by atoms with Crippen LogP contribution in [0.25, 0.3) is 0 Å². The van der Waals surface area contributed by atoms with Gasteiger partial charge in [0, 0.05) is 19.5 Å². The first-order chi connectivity index (χ1) is 13.7. The molecule has 0 radical (unpaired) electrons. The van der Waals surface area contributed by atoms with Gasteiger partial charge >= 0.3 is 11.9 Å². The molecule has 1 aliphatic rings. The quantitative estimate of drug-likeness (QED) is 0.601. The number of carbonyl (C=O) groups is 4. The average Bonchev–Trinajstić information content (AvgIpc) is 2.65. The fourth-order valence-corrected chi connectivity index (χ4v) is 3.06. The Hall–Kier alpha value is -3.45. The molecule has 0 saturated heterocycles. The van der Waals surface area contributed by atoms with Crippen LogP contribution >= 0.6 is 11.6 Å².